The van der Waals surface area contributed by atoms with Crippen molar-refractivity contribution in [2.24, 2.45) is 21.5 Å². The minimum absolute atomic E-state index is 0. The molecule has 0 radical (unpaired) electrons. The number of fused-ring (bicyclic) bond motifs is 8. The zero-order chi connectivity index (χ0) is 41.5. The number of halogens is 1. The Labute approximate surface area is 360 Å². The number of benzene rings is 4. The lowest BCUT2D eigenvalue weighted by Crippen LogP contribution is -2.57. The largest absolute Gasteiger partial charge is 0.483 e. The molecule has 4 heterocycles. The summed E-state index contributed by atoms with van der Waals surface area (Å²) in [6, 6.07) is 27.9. The highest BCUT2D eigenvalue weighted by Gasteiger charge is 2.70. The van der Waals surface area contributed by atoms with Crippen molar-refractivity contribution in [3.8, 4) is 11.5 Å². The van der Waals surface area contributed by atoms with E-state index >= 15 is 0 Å². The average Bonchev–Trinajstić information content (AvgIpc) is 3.73. The van der Waals surface area contributed by atoms with Gasteiger partial charge in [0.15, 0.2) is 17.6 Å². The first-order chi connectivity index (χ1) is 28.3. The molecule has 4 aromatic carbocycles. The molecule has 4 N–H and O–H groups in total. The molecular weight excluding hydrogens is 818 g/mol. The van der Waals surface area contributed by atoms with Gasteiger partial charge < -0.3 is 20.9 Å². The van der Waals surface area contributed by atoms with Crippen LogP contribution in [0.15, 0.2) is 99.4 Å². The van der Waals surface area contributed by atoms with Crippen molar-refractivity contribution in [2.75, 3.05) is 0 Å². The Balaban J connectivity index is 0.000000164. The third kappa shape index (κ3) is 5.79. The molecule has 4 aliphatic heterocycles. The summed E-state index contributed by atoms with van der Waals surface area (Å²) in [5.41, 5.74) is 15.8. The predicted molar refractivity (Wildman–Crippen MR) is 237 cm³/mol. The van der Waals surface area contributed by atoms with E-state index in [0.29, 0.717) is 42.7 Å². The summed E-state index contributed by atoms with van der Waals surface area (Å²) in [5.74, 6) is 1.64. The Morgan fingerprint density at radius 3 is 1.40 bits per heavy atom. The number of carbonyl (C=O) groups is 2. The van der Waals surface area contributed by atoms with Gasteiger partial charge in [-0.05, 0) is 132 Å². The molecule has 10 rings (SSSR count). The molecule has 0 fully saturated rings. The van der Waals surface area contributed by atoms with Crippen LogP contribution in [0, 0.1) is 6.57 Å². The molecule has 11 nitrogen and oxygen atoms in total. The summed E-state index contributed by atoms with van der Waals surface area (Å²) in [6.45, 7) is 15.2. The van der Waals surface area contributed by atoms with Crippen LogP contribution in [-0.2, 0) is 46.4 Å². The molecule has 0 aromatic heterocycles. The summed E-state index contributed by atoms with van der Waals surface area (Å²) in [5, 5.41) is 0. The molecule has 0 saturated heterocycles. The van der Waals surface area contributed by atoms with E-state index in [4.69, 9.17) is 37.5 Å². The Hall–Kier alpha value is -5.67. The standard InChI is InChI=1S/C24H24N4O2.C23H24BrN3O2.CH4/c1-15(2)28-21(29)24(27-22(28)25)19-14-18(26-3)8-9-20(19)30-23(24)12-10-16-6-4-5-7-17(16)11-13-23;1-14(2)27-20(28)23(26-21(27)25)18-13-17(24)7-8-19(18)29-22(23)11-9-15-5-3-4-6-16(15)10-12-22;/h4-9,14-15H,10-13H2,1-2H3,(H2,25,27);3-8,13-14H,9-12H2,1-2H3,(H2,25,26);1H4. The first kappa shape index (κ1) is 41.1. The SMILES string of the molecule is C.CC(C)N1C(=O)C2(N=C1N)c1cc(Br)ccc1OC21CCc2ccccc2CC1.[C-]#[N+]c1ccc2c(c1)C1(N=C(N)N(C(C)C)C1=O)C1(CCc3ccccc3CC1)O2. The number of ether oxygens (including phenoxy) is 2. The number of aliphatic imine (C=N–C) groups is 2. The van der Waals surface area contributed by atoms with E-state index < -0.39 is 22.3 Å². The topological polar surface area (TPSA) is 140 Å². The Morgan fingerprint density at radius 1 is 0.650 bits per heavy atom. The number of nitrogens with zero attached hydrogens (tertiary/aromatic N) is 5. The average molecular weight is 871 g/mol. The number of hydrogen-bond acceptors (Lipinski definition) is 8. The van der Waals surface area contributed by atoms with Crippen molar-refractivity contribution in [3.05, 3.63) is 134 Å². The van der Waals surface area contributed by atoms with Crippen molar-refractivity contribution in [3.63, 3.8) is 0 Å². The molecule has 4 spiro atoms. The normalized spacial score (nSPS) is 23.7. The molecule has 2 amide bonds. The second-order valence-electron chi connectivity index (χ2n) is 17.1. The van der Waals surface area contributed by atoms with Gasteiger partial charge in [-0.25, -0.2) is 14.8 Å². The zero-order valence-electron chi connectivity index (χ0n) is 33.8. The lowest BCUT2D eigenvalue weighted by molar-refractivity contribution is -0.141. The van der Waals surface area contributed by atoms with Gasteiger partial charge in [-0.15, -0.1) is 0 Å². The molecule has 6 aliphatic rings. The molecular formula is C48H52BrN7O4. The summed E-state index contributed by atoms with van der Waals surface area (Å²) in [7, 11) is 0. The Bertz CT molecular complexity index is 2470. The maximum Gasteiger partial charge on any atom is 0.266 e. The first-order valence-electron chi connectivity index (χ1n) is 20.5. The van der Waals surface area contributed by atoms with Gasteiger partial charge in [0.1, 0.15) is 22.7 Å². The highest BCUT2D eigenvalue weighted by molar-refractivity contribution is 9.10. The third-order valence-corrected chi connectivity index (χ3v) is 13.8. The van der Waals surface area contributed by atoms with Gasteiger partial charge in [-0.1, -0.05) is 78.0 Å². The summed E-state index contributed by atoms with van der Waals surface area (Å²) < 4.78 is 14.2. The maximum atomic E-state index is 14.0. The molecule has 4 aromatic rings. The van der Waals surface area contributed by atoms with Crippen molar-refractivity contribution < 1.29 is 19.1 Å². The van der Waals surface area contributed by atoms with Crippen LogP contribution in [0.3, 0.4) is 0 Å². The van der Waals surface area contributed by atoms with Crippen molar-refractivity contribution in [1.29, 1.82) is 0 Å². The fraction of sp³-hybridized carbons (Fsp3) is 0.396. The van der Waals surface area contributed by atoms with Crippen LogP contribution in [0.5, 0.6) is 11.5 Å². The molecule has 310 valence electrons. The van der Waals surface area contributed by atoms with Crippen LogP contribution in [0.2, 0.25) is 0 Å². The van der Waals surface area contributed by atoms with Crippen LogP contribution >= 0.6 is 15.9 Å². The Morgan fingerprint density at radius 2 is 1.03 bits per heavy atom. The molecule has 2 atom stereocenters. The molecule has 60 heavy (non-hydrogen) atoms. The number of amides is 2. The van der Waals surface area contributed by atoms with Crippen molar-refractivity contribution in [1.82, 2.24) is 9.80 Å². The summed E-state index contributed by atoms with van der Waals surface area (Å²) >= 11 is 3.57. The highest BCUT2D eigenvalue weighted by atomic mass is 79.9. The summed E-state index contributed by atoms with van der Waals surface area (Å²) in [4.78, 5) is 44.4. The van der Waals surface area contributed by atoms with E-state index in [2.05, 4.69) is 69.3 Å². The number of rotatable bonds is 2. The fourth-order valence-corrected chi connectivity index (χ4v) is 10.9. The lowest BCUT2D eigenvalue weighted by atomic mass is 9.71. The smallest absolute Gasteiger partial charge is 0.266 e. The first-order valence-corrected chi connectivity index (χ1v) is 21.3. The molecule has 2 aliphatic carbocycles. The molecule has 2 unspecified atom stereocenters. The van der Waals surface area contributed by atoms with E-state index in [1.54, 1.807) is 28.0 Å². The third-order valence-electron chi connectivity index (χ3n) is 13.3. The fourth-order valence-electron chi connectivity index (χ4n) is 10.6. The quantitative estimate of drug-likeness (QED) is 0.195. The maximum absolute atomic E-state index is 14.0. The van der Waals surface area contributed by atoms with E-state index in [1.165, 1.54) is 22.3 Å². The van der Waals surface area contributed by atoms with E-state index in [9.17, 15) is 9.59 Å². The van der Waals surface area contributed by atoms with Crippen LogP contribution in [0.4, 0.5) is 5.69 Å². The summed E-state index contributed by atoms with van der Waals surface area (Å²) in [6.07, 6.45) is 6.02. The van der Waals surface area contributed by atoms with Gasteiger partial charge in [0.05, 0.1) is 6.57 Å². The molecule has 12 heteroatoms. The van der Waals surface area contributed by atoms with Crippen LogP contribution < -0.4 is 20.9 Å². The van der Waals surface area contributed by atoms with Crippen molar-refractivity contribution >= 4 is 45.4 Å². The van der Waals surface area contributed by atoms with Gasteiger partial charge >= 0.3 is 0 Å². The number of aryl methyl sites for hydroxylation is 4. The second kappa shape index (κ2) is 14.8. The van der Waals surface area contributed by atoms with Crippen LogP contribution in [0.1, 0.15) is 94.2 Å². The van der Waals surface area contributed by atoms with Gasteiger partial charge in [-0.3, -0.25) is 19.4 Å². The monoisotopic (exact) mass is 869 g/mol. The van der Waals surface area contributed by atoms with Gasteiger partial charge in [0, 0.05) is 27.7 Å². The van der Waals surface area contributed by atoms with Gasteiger partial charge in [0.2, 0.25) is 11.1 Å². The second-order valence-corrected chi connectivity index (χ2v) is 18.0. The molecule has 0 bridgehead atoms. The number of carbonyl (C=O) groups excluding carboxylic acids is 2. The number of nitrogens with two attached hydrogens (primary N) is 2. The lowest BCUT2D eigenvalue weighted by Gasteiger charge is -2.39. The van der Waals surface area contributed by atoms with Gasteiger partial charge in [0.25, 0.3) is 11.8 Å². The van der Waals surface area contributed by atoms with Crippen LogP contribution in [0.25, 0.3) is 4.85 Å². The van der Waals surface area contributed by atoms with E-state index in [1.807, 2.05) is 45.9 Å². The predicted octanol–water partition coefficient (Wildman–Crippen LogP) is 8.26. The number of hydrogen-bond donors (Lipinski definition) is 2. The number of guanidine groups is 2. The Kier molecular flexibility index (Phi) is 10.1. The van der Waals surface area contributed by atoms with Crippen molar-refractivity contribution in [2.45, 2.75) is 121 Å². The van der Waals surface area contributed by atoms with E-state index in [0.717, 1.165) is 41.5 Å². The van der Waals surface area contributed by atoms with E-state index in [-0.39, 0.29) is 43.2 Å². The minimum Gasteiger partial charge on any atom is -0.483 e. The van der Waals surface area contributed by atoms with Gasteiger partial charge in [-0.2, -0.15) is 0 Å². The minimum atomic E-state index is -1.25. The highest BCUT2D eigenvalue weighted by Crippen LogP contribution is 2.60. The van der Waals surface area contributed by atoms with Crippen LogP contribution in [-0.4, -0.2) is 56.8 Å². The zero-order valence-corrected chi connectivity index (χ0v) is 35.4. The molecule has 0 saturated carbocycles.